The third kappa shape index (κ3) is 1.78. The zero-order valence-electron chi connectivity index (χ0n) is 9.88. The molecule has 1 amide bonds. The van der Waals surface area contributed by atoms with Gasteiger partial charge in [0.15, 0.2) is 11.5 Å². The maximum Gasteiger partial charge on any atom is 0.291 e. The number of carbonyl (C=O) groups is 1. The molecule has 0 radical (unpaired) electrons. The SMILES string of the molecule is Cn1cccc1/C=C1/Oc2ccccc2NC1=O. The predicted molar refractivity (Wildman–Crippen MR) is 69.1 cm³/mol. The van der Waals surface area contributed by atoms with Gasteiger partial charge in [-0.25, -0.2) is 0 Å². The Balaban J connectivity index is 1.99. The summed E-state index contributed by atoms with van der Waals surface area (Å²) in [7, 11) is 1.92. The molecule has 1 aliphatic heterocycles. The van der Waals surface area contributed by atoms with Crippen molar-refractivity contribution >= 4 is 17.7 Å². The predicted octanol–water partition coefficient (Wildman–Crippen LogP) is 2.40. The van der Waals surface area contributed by atoms with Crippen LogP contribution in [-0.2, 0) is 11.8 Å². The molecule has 0 saturated carbocycles. The first kappa shape index (κ1) is 10.7. The molecular formula is C14H12N2O2. The number of aryl methyl sites for hydroxylation is 1. The summed E-state index contributed by atoms with van der Waals surface area (Å²) in [6.45, 7) is 0. The van der Waals surface area contributed by atoms with Crippen molar-refractivity contribution < 1.29 is 9.53 Å². The zero-order valence-corrected chi connectivity index (χ0v) is 9.88. The molecule has 1 N–H and O–H groups in total. The van der Waals surface area contributed by atoms with Crippen molar-refractivity contribution in [2.75, 3.05) is 5.32 Å². The molecular weight excluding hydrogens is 228 g/mol. The summed E-state index contributed by atoms with van der Waals surface area (Å²) in [6, 6.07) is 11.2. The number of nitrogens with one attached hydrogen (secondary N) is 1. The van der Waals surface area contributed by atoms with E-state index in [1.165, 1.54) is 0 Å². The molecule has 0 aliphatic carbocycles. The number of anilines is 1. The molecule has 0 unspecified atom stereocenters. The lowest BCUT2D eigenvalue weighted by molar-refractivity contribution is -0.115. The number of nitrogens with zero attached hydrogens (tertiary/aromatic N) is 1. The van der Waals surface area contributed by atoms with Gasteiger partial charge in [0.2, 0.25) is 0 Å². The normalized spacial score (nSPS) is 16.1. The van der Waals surface area contributed by atoms with Crippen LogP contribution in [0.2, 0.25) is 0 Å². The van der Waals surface area contributed by atoms with Crippen LogP contribution in [0.15, 0.2) is 48.4 Å². The van der Waals surface area contributed by atoms with Gasteiger partial charge >= 0.3 is 0 Å². The quantitative estimate of drug-likeness (QED) is 0.778. The van der Waals surface area contributed by atoms with Crippen LogP contribution in [0.1, 0.15) is 5.69 Å². The highest BCUT2D eigenvalue weighted by Gasteiger charge is 2.21. The molecule has 1 aromatic heterocycles. The molecule has 0 spiro atoms. The molecule has 18 heavy (non-hydrogen) atoms. The third-order valence-electron chi connectivity index (χ3n) is 2.84. The molecule has 2 aromatic rings. The van der Waals surface area contributed by atoms with Crippen LogP contribution in [0.4, 0.5) is 5.69 Å². The van der Waals surface area contributed by atoms with E-state index >= 15 is 0 Å². The van der Waals surface area contributed by atoms with E-state index in [0.717, 1.165) is 5.69 Å². The van der Waals surface area contributed by atoms with Crippen molar-refractivity contribution in [3.8, 4) is 5.75 Å². The van der Waals surface area contributed by atoms with E-state index in [1.807, 2.05) is 54.2 Å². The van der Waals surface area contributed by atoms with Gasteiger partial charge in [-0.05, 0) is 24.3 Å². The summed E-state index contributed by atoms with van der Waals surface area (Å²) in [5.41, 5.74) is 1.62. The highest BCUT2D eigenvalue weighted by atomic mass is 16.5. The first-order valence-corrected chi connectivity index (χ1v) is 5.65. The largest absolute Gasteiger partial charge is 0.449 e. The summed E-state index contributed by atoms with van der Waals surface area (Å²) in [5.74, 6) is 0.739. The molecule has 0 saturated heterocycles. The smallest absolute Gasteiger partial charge is 0.291 e. The lowest BCUT2D eigenvalue weighted by atomic mass is 10.2. The van der Waals surface area contributed by atoms with Gasteiger partial charge in [-0.2, -0.15) is 0 Å². The highest BCUT2D eigenvalue weighted by molar-refractivity contribution is 6.08. The van der Waals surface area contributed by atoms with Crippen molar-refractivity contribution in [2.24, 2.45) is 7.05 Å². The summed E-state index contributed by atoms with van der Waals surface area (Å²) in [6.07, 6.45) is 3.65. The molecule has 4 nitrogen and oxygen atoms in total. The van der Waals surface area contributed by atoms with Crippen LogP contribution in [0.5, 0.6) is 5.75 Å². The van der Waals surface area contributed by atoms with Crippen molar-refractivity contribution in [1.82, 2.24) is 4.57 Å². The lowest BCUT2D eigenvalue weighted by Gasteiger charge is -2.19. The van der Waals surface area contributed by atoms with Crippen LogP contribution in [0.3, 0.4) is 0 Å². The minimum Gasteiger partial charge on any atom is -0.449 e. The van der Waals surface area contributed by atoms with Gasteiger partial charge in [-0.3, -0.25) is 4.79 Å². The Hall–Kier alpha value is -2.49. The summed E-state index contributed by atoms with van der Waals surface area (Å²) < 4.78 is 7.53. The minimum absolute atomic E-state index is 0.227. The Labute approximate surface area is 104 Å². The monoisotopic (exact) mass is 240 g/mol. The molecule has 0 bridgehead atoms. The maximum absolute atomic E-state index is 11.9. The molecule has 0 fully saturated rings. The summed E-state index contributed by atoms with van der Waals surface area (Å²) in [4.78, 5) is 11.9. The van der Waals surface area contributed by atoms with Crippen LogP contribution in [0, 0.1) is 0 Å². The fourth-order valence-corrected chi connectivity index (χ4v) is 1.86. The molecule has 2 heterocycles. The van der Waals surface area contributed by atoms with Crippen molar-refractivity contribution in [2.45, 2.75) is 0 Å². The summed E-state index contributed by atoms with van der Waals surface area (Å²) >= 11 is 0. The topological polar surface area (TPSA) is 43.3 Å². The van der Waals surface area contributed by atoms with Crippen LogP contribution in [-0.4, -0.2) is 10.5 Å². The third-order valence-corrected chi connectivity index (χ3v) is 2.84. The van der Waals surface area contributed by atoms with E-state index in [1.54, 1.807) is 6.08 Å². The number of hydrogen-bond acceptors (Lipinski definition) is 2. The Morgan fingerprint density at radius 2 is 2.06 bits per heavy atom. The number of hydrogen-bond donors (Lipinski definition) is 1. The second-order valence-corrected chi connectivity index (χ2v) is 4.10. The van der Waals surface area contributed by atoms with Gasteiger partial charge in [-0.1, -0.05) is 12.1 Å². The average Bonchev–Trinajstić information content (AvgIpc) is 2.76. The van der Waals surface area contributed by atoms with E-state index < -0.39 is 0 Å². The number of benzene rings is 1. The van der Waals surface area contributed by atoms with E-state index in [4.69, 9.17) is 4.74 Å². The molecule has 1 aromatic carbocycles. The van der Waals surface area contributed by atoms with E-state index in [9.17, 15) is 4.79 Å². The van der Waals surface area contributed by atoms with Crippen molar-refractivity contribution in [3.05, 3.63) is 54.0 Å². The van der Waals surface area contributed by atoms with Crippen molar-refractivity contribution in [1.29, 1.82) is 0 Å². The first-order chi connectivity index (χ1) is 8.74. The first-order valence-electron chi connectivity index (χ1n) is 5.65. The standard InChI is InChI=1S/C14H12N2O2/c1-16-8-4-5-10(16)9-13-14(17)15-11-6-2-3-7-12(11)18-13/h2-9H,1H3,(H,15,17)/b13-9+. The molecule has 3 rings (SSSR count). The number of amides is 1. The van der Waals surface area contributed by atoms with Gasteiger partial charge in [-0.15, -0.1) is 0 Å². The van der Waals surface area contributed by atoms with E-state index in [2.05, 4.69) is 5.32 Å². The number of ether oxygens (including phenoxy) is 1. The number of aromatic nitrogens is 1. The fourth-order valence-electron chi connectivity index (χ4n) is 1.86. The Kier molecular flexibility index (Phi) is 2.41. The fraction of sp³-hybridized carbons (Fsp3) is 0.0714. The zero-order chi connectivity index (χ0) is 12.5. The Morgan fingerprint density at radius 3 is 2.83 bits per heavy atom. The maximum atomic E-state index is 11.9. The number of rotatable bonds is 1. The highest BCUT2D eigenvalue weighted by Crippen LogP contribution is 2.30. The second kappa shape index (κ2) is 4.07. The number of para-hydroxylation sites is 2. The molecule has 90 valence electrons. The van der Waals surface area contributed by atoms with Crippen LogP contribution in [0.25, 0.3) is 6.08 Å². The van der Waals surface area contributed by atoms with E-state index in [-0.39, 0.29) is 5.91 Å². The van der Waals surface area contributed by atoms with Gasteiger partial charge in [0.05, 0.1) is 5.69 Å². The van der Waals surface area contributed by atoms with Crippen LogP contribution < -0.4 is 10.1 Å². The molecule has 0 atom stereocenters. The van der Waals surface area contributed by atoms with Crippen LogP contribution >= 0.6 is 0 Å². The molecule has 1 aliphatic rings. The van der Waals surface area contributed by atoms with Gasteiger partial charge in [0, 0.05) is 25.0 Å². The minimum atomic E-state index is -0.227. The lowest BCUT2D eigenvalue weighted by Crippen LogP contribution is -2.23. The summed E-state index contributed by atoms with van der Waals surface area (Å²) in [5, 5.41) is 2.80. The number of carbonyl (C=O) groups excluding carboxylic acids is 1. The van der Waals surface area contributed by atoms with Gasteiger partial charge in [0.1, 0.15) is 0 Å². The molecule has 4 heteroatoms. The van der Waals surface area contributed by atoms with E-state index in [0.29, 0.717) is 17.2 Å². The average molecular weight is 240 g/mol. The van der Waals surface area contributed by atoms with Gasteiger partial charge in [0.25, 0.3) is 5.91 Å². The number of fused-ring (bicyclic) bond motifs is 1. The second-order valence-electron chi connectivity index (χ2n) is 4.10. The Bertz CT molecular complexity index is 641. The van der Waals surface area contributed by atoms with Crippen molar-refractivity contribution in [3.63, 3.8) is 0 Å². The Morgan fingerprint density at radius 1 is 1.22 bits per heavy atom. The van der Waals surface area contributed by atoms with Gasteiger partial charge < -0.3 is 14.6 Å².